The quantitative estimate of drug-likeness (QED) is 0.868. The van der Waals surface area contributed by atoms with E-state index in [1.165, 1.54) is 12.1 Å². The summed E-state index contributed by atoms with van der Waals surface area (Å²) in [4.78, 5) is 14.2. The van der Waals surface area contributed by atoms with Gasteiger partial charge in [0.1, 0.15) is 11.9 Å². The molecule has 6 heteroatoms. The normalized spacial score (nSPS) is 17.8. The molecule has 0 aliphatic carbocycles. The maximum absolute atomic E-state index is 12.9. The zero-order valence-electron chi connectivity index (χ0n) is 12.7. The highest BCUT2D eigenvalue weighted by Gasteiger charge is 2.25. The van der Waals surface area contributed by atoms with Gasteiger partial charge >= 0.3 is 0 Å². The number of amides is 1. The van der Waals surface area contributed by atoms with Crippen molar-refractivity contribution < 1.29 is 13.9 Å². The van der Waals surface area contributed by atoms with E-state index in [4.69, 9.17) is 4.74 Å². The van der Waals surface area contributed by atoms with Crippen molar-refractivity contribution in [3.63, 3.8) is 0 Å². The second kappa shape index (κ2) is 7.17. The summed E-state index contributed by atoms with van der Waals surface area (Å²) in [5, 5.41) is 7.69. The number of hydrogen-bond acceptors (Lipinski definition) is 4. The van der Waals surface area contributed by atoms with Crippen molar-refractivity contribution >= 4 is 5.91 Å². The van der Waals surface area contributed by atoms with E-state index in [9.17, 15) is 9.18 Å². The number of carbonyl (C=O) groups is 1. The Labute approximate surface area is 134 Å². The van der Waals surface area contributed by atoms with Gasteiger partial charge in [-0.05, 0) is 36.6 Å². The van der Waals surface area contributed by atoms with E-state index in [0.29, 0.717) is 12.4 Å². The number of hydrogen-bond donors (Lipinski definition) is 0. The van der Waals surface area contributed by atoms with Crippen LogP contribution in [0.25, 0.3) is 0 Å². The summed E-state index contributed by atoms with van der Waals surface area (Å²) in [7, 11) is 0. The van der Waals surface area contributed by atoms with E-state index < -0.39 is 0 Å². The molecule has 0 radical (unpaired) electrons. The molecule has 1 aromatic heterocycles. The van der Waals surface area contributed by atoms with E-state index in [1.807, 2.05) is 0 Å². The van der Waals surface area contributed by atoms with Gasteiger partial charge in [-0.25, -0.2) is 4.39 Å². The van der Waals surface area contributed by atoms with Crippen LogP contribution in [-0.4, -0.2) is 40.2 Å². The Morgan fingerprint density at radius 3 is 2.87 bits per heavy atom. The smallest absolute Gasteiger partial charge is 0.233 e. The lowest BCUT2D eigenvalue weighted by molar-refractivity contribution is -0.133. The number of piperidine rings is 1. The number of benzene rings is 1. The molecule has 120 valence electrons. The van der Waals surface area contributed by atoms with Crippen LogP contribution in [0, 0.1) is 5.82 Å². The minimum absolute atomic E-state index is 0.0315. The van der Waals surface area contributed by atoms with Crippen LogP contribution < -0.4 is 4.74 Å². The summed E-state index contributed by atoms with van der Waals surface area (Å²) in [6.07, 6.45) is 3.57. The van der Waals surface area contributed by atoms with Crippen molar-refractivity contribution in [2.75, 3.05) is 13.1 Å². The predicted octanol–water partition coefficient (Wildman–Crippen LogP) is 2.23. The van der Waals surface area contributed by atoms with Gasteiger partial charge < -0.3 is 9.64 Å². The molecule has 1 amide bonds. The first kappa shape index (κ1) is 15.4. The van der Waals surface area contributed by atoms with Gasteiger partial charge in [0.05, 0.1) is 13.0 Å². The first-order valence-electron chi connectivity index (χ1n) is 7.67. The molecule has 1 atom stereocenters. The van der Waals surface area contributed by atoms with E-state index >= 15 is 0 Å². The summed E-state index contributed by atoms with van der Waals surface area (Å²) in [5.41, 5.74) is 0.813. The molecule has 3 rings (SSSR count). The van der Waals surface area contributed by atoms with E-state index in [0.717, 1.165) is 24.9 Å². The van der Waals surface area contributed by atoms with Crippen LogP contribution in [0.1, 0.15) is 18.4 Å². The van der Waals surface area contributed by atoms with Gasteiger partial charge in [-0.3, -0.25) is 4.79 Å². The molecule has 23 heavy (non-hydrogen) atoms. The molecule has 2 aromatic rings. The number of rotatable bonds is 4. The Bertz CT molecular complexity index is 649. The molecular formula is C17H18FN3O2. The first-order valence-corrected chi connectivity index (χ1v) is 7.67. The monoisotopic (exact) mass is 315 g/mol. The van der Waals surface area contributed by atoms with Crippen LogP contribution in [0.5, 0.6) is 5.88 Å². The fourth-order valence-electron chi connectivity index (χ4n) is 2.67. The lowest BCUT2D eigenvalue weighted by Crippen LogP contribution is -2.45. The van der Waals surface area contributed by atoms with Crippen molar-refractivity contribution in [1.82, 2.24) is 15.1 Å². The highest BCUT2D eigenvalue weighted by molar-refractivity contribution is 5.78. The predicted molar refractivity (Wildman–Crippen MR) is 82.4 cm³/mol. The van der Waals surface area contributed by atoms with Gasteiger partial charge in [0.25, 0.3) is 0 Å². The summed E-state index contributed by atoms with van der Waals surface area (Å²) in [5.74, 6) is 0.214. The minimum atomic E-state index is -0.295. The number of halogens is 1. The third kappa shape index (κ3) is 4.25. The summed E-state index contributed by atoms with van der Waals surface area (Å²) in [6, 6.07) is 9.56. The molecule has 1 aliphatic rings. The van der Waals surface area contributed by atoms with E-state index in [2.05, 4.69) is 10.2 Å². The van der Waals surface area contributed by atoms with Gasteiger partial charge in [-0.15, -0.1) is 5.10 Å². The summed E-state index contributed by atoms with van der Waals surface area (Å²) in [6.45, 7) is 1.26. The number of aromatic nitrogens is 2. The average molecular weight is 315 g/mol. The van der Waals surface area contributed by atoms with E-state index in [1.54, 1.807) is 35.4 Å². The van der Waals surface area contributed by atoms with Crippen molar-refractivity contribution in [2.24, 2.45) is 0 Å². The Kier molecular flexibility index (Phi) is 4.80. The third-order valence-electron chi connectivity index (χ3n) is 3.83. The molecule has 2 heterocycles. The molecule has 1 unspecified atom stereocenters. The Morgan fingerprint density at radius 2 is 2.13 bits per heavy atom. The first-order chi connectivity index (χ1) is 11.2. The van der Waals surface area contributed by atoms with Gasteiger partial charge in [-0.2, -0.15) is 5.10 Å². The molecule has 1 fully saturated rings. The molecule has 1 saturated heterocycles. The molecule has 1 aliphatic heterocycles. The minimum Gasteiger partial charge on any atom is -0.471 e. The van der Waals surface area contributed by atoms with Gasteiger partial charge in [0.2, 0.25) is 11.8 Å². The highest BCUT2D eigenvalue weighted by atomic mass is 19.1. The van der Waals surface area contributed by atoms with Crippen molar-refractivity contribution in [1.29, 1.82) is 0 Å². The lowest BCUT2D eigenvalue weighted by atomic mass is 10.1. The zero-order valence-corrected chi connectivity index (χ0v) is 12.7. The highest BCUT2D eigenvalue weighted by Crippen LogP contribution is 2.17. The SMILES string of the molecule is O=C(Cc1ccc(F)cc1)N1CCCC(Oc2cccnn2)C1. The van der Waals surface area contributed by atoms with Crippen molar-refractivity contribution in [3.05, 3.63) is 54.0 Å². The Balaban J connectivity index is 1.57. The number of carbonyl (C=O) groups excluding carboxylic acids is 1. The zero-order chi connectivity index (χ0) is 16.1. The van der Waals surface area contributed by atoms with Crippen LogP contribution in [-0.2, 0) is 11.2 Å². The number of likely N-dealkylation sites (tertiary alicyclic amines) is 1. The lowest BCUT2D eigenvalue weighted by Gasteiger charge is -2.32. The standard InChI is InChI=1S/C17H18FN3O2/c18-14-7-5-13(6-8-14)11-17(22)21-10-2-3-15(12-21)23-16-4-1-9-19-20-16/h1,4-9,15H,2-3,10-12H2. The van der Waals surface area contributed by atoms with Crippen molar-refractivity contribution in [2.45, 2.75) is 25.4 Å². The van der Waals surface area contributed by atoms with Crippen LogP contribution >= 0.6 is 0 Å². The molecule has 0 N–H and O–H groups in total. The molecule has 5 nitrogen and oxygen atoms in total. The Hall–Kier alpha value is -2.50. The van der Waals surface area contributed by atoms with Crippen molar-refractivity contribution in [3.8, 4) is 5.88 Å². The fraction of sp³-hybridized carbons (Fsp3) is 0.353. The van der Waals surface area contributed by atoms with Gasteiger partial charge in [0.15, 0.2) is 0 Å². The van der Waals surface area contributed by atoms with E-state index in [-0.39, 0.29) is 24.2 Å². The maximum atomic E-state index is 12.9. The van der Waals surface area contributed by atoms with Crippen LogP contribution in [0.4, 0.5) is 4.39 Å². The second-order valence-corrected chi connectivity index (χ2v) is 5.59. The average Bonchev–Trinajstić information content (AvgIpc) is 2.58. The topological polar surface area (TPSA) is 55.3 Å². The fourth-order valence-corrected chi connectivity index (χ4v) is 2.67. The number of ether oxygens (including phenoxy) is 1. The van der Waals surface area contributed by atoms with Gasteiger partial charge in [0, 0.05) is 18.8 Å². The molecular weight excluding hydrogens is 297 g/mol. The molecule has 1 aromatic carbocycles. The summed E-state index contributed by atoms with van der Waals surface area (Å²) >= 11 is 0. The summed E-state index contributed by atoms with van der Waals surface area (Å²) < 4.78 is 18.7. The van der Waals surface area contributed by atoms with Crippen LogP contribution in [0.3, 0.4) is 0 Å². The third-order valence-corrected chi connectivity index (χ3v) is 3.83. The maximum Gasteiger partial charge on any atom is 0.233 e. The number of nitrogens with zero attached hydrogens (tertiary/aromatic N) is 3. The van der Waals surface area contributed by atoms with Crippen LogP contribution in [0.2, 0.25) is 0 Å². The van der Waals surface area contributed by atoms with Gasteiger partial charge in [-0.1, -0.05) is 12.1 Å². The van der Waals surface area contributed by atoms with Crippen LogP contribution in [0.15, 0.2) is 42.6 Å². The molecule has 0 spiro atoms. The largest absolute Gasteiger partial charge is 0.471 e. The second-order valence-electron chi connectivity index (χ2n) is 5.59. The molecule has 0 bridgehead atoms. The Morgan fingerprint density at radius 1 is 1.30 bits per heavy atom. The molecule has 0 saturated carbocycles.